The normalized spacial score (nSPS) is 22.0. The molecule has 5 rings (SSSR count). The summed E-state index contributed by atoms with van der Waals surface area (Å²) in [6.45, 7) is 2.62. The van der Waals surface area contributed by atoms with Crippen molar-refractivity contribution in [3.8, 4) is 11.5 Å². The fraction of sp³-hybridized carbons (Fsp3) is 0.231. The van der Waals surface area contributed by atoms with Gasteiger partial charge in [-0.05, 0) is 48.9 Å². The van der Waals surface area contributed by atoms with E-state index in [1.54, 1.807) is 53.6 Å². The van der Waals surface area contributed by atoms with Gasteiger partial charge in [0.25, 0.3) is 5.91 Å². The summed E-state index contributed by atoms with van der Waals surface area (Å²) >= 11 is 0. The fourth-order valence-electron chi connectivity index (χ4n) is 4.43. The van der Waals surface area contributed by atoms with Gasteiger partial charge in [-0.15, -0.1) is 0 Å². The van der Waals surface area contributed by atoms with E-state index < -0.39 is 24.0 Å². The molecule has 2 heterocycles. The molecule has 2 aliphatic rings. The molecular formula is C26H24N2O5. The number of imide groups is 1. The molecule has 3 aromatic rings. The van der Waals surface area contributed by atoms with Gasteiger partial charge in [0.1, 0.15) is 17.4 Å². The molecule has 0 aromatic heterocycles. The highest BCUT2D eigenvalue weighted by molar-refractivity contribution is 6.24. The predicted octanol–water partition coefficient (Wildman–Crippen LogP) is 4.23. The zero-order chi connectivity index (χ0) is 22.9. The SMILES string of the molecule is CCCOc1ccc(N2C(=O)[C@@H]3[C@@H](ON(c4ccccc4)[C@H]3c3ccccc3O)C2=O)cc1. The Hall–Kier alpha value is -3.84. The van der Waals surface area contributed by atoms with Crippen LogP contribution in [0, 0.1) is 5.92 Å². The van der Waals surface area contributed by atoms with Crippen LogP contribution in [0.15, 0.2) is 78.9 Å². The maximum Gasteiger partial charge on any atom is 0.266 e. The standard InChI is InChI=1S/C26H24N2O5/c1-2-16-32-19-14-12-17(13-15-19)27-25(30)22-23(20-10-6-7-11-21(20)29)28(33-24(22)26(27)31)18-8-4-3-5-9-18/h3-15,22-24,29H,2,16H2,1H3/t22-,23-,24+/m0/s1. The molecule has 7 heteroatoms. The van der Waals surface area contributed by atoms with Gasteiger partial charge >= 0.3 is 0 Å². The highest BCUT2D eigenvalue weighted by Crippen LogP contribution is 2.49. The molecule has 2 amide bonds. The monoisotopic (exact) mass is 444 g/mol. The molecule has 1 N–H and O–H groups in total. The van der Waals surface area contributed by atoms with Gasteiger partial charge in [-0.1, -0.05) is 43.3 Å². The van der Waals surface area contributed by atoms with E-state index in [0.717, 1.165) is 6.42 Å². The van der Waals surface area contributed by atoms with E-state index >= 15 is 0 Å². The molecular weight excluding hydrogens is 420 g/mol. The summed E-state index contributed by atoms with van der Waals surface area (Å²) in [5.41, 5.74) is 1.69. The van der Waals surface area contributed by atoms with E-state index in [-0.39, 0.29) is 11.7 Å². The smallest absolute Gasteiger partial charge is 0.266 e. The van der Waals surface area contributed by atoms with Crippen LogP contribution in [0.3, 0.4) is 0 Å². The zero-order valence-electron chi connectivity index (χ0n) is 18.1. The summed E-state index contributed by atoms with van der Waals surface area (Å²) < 4.78 is 5.60. The molecule has 2 fully saturated rings. The summed E-state index contributed by atoms with van der Waals surface area (Å²) in [4.78, 5) is 34.2. The number of fused-ring (bicyclic) bond motifs is 1. The first-order valence-corrected chi connectivity index (χ1v) is 11.0. The van der Waals surface area contributed by atoms with Crippen molar-refractivity contribution >= 4 is 23.2 Å². The molecule has 3 aromatic carbocycles. The first-order chi connectivity index (χ1) is 16.1. The fourth-order valence-corrected chi connectivity index (χ4v) is 4.43. The predicted molar refractivity (Wildman–Crippen MR) is 123 cm³/mol. The summed E-state index contributed by atoms with van der Waals surface area (Å²) in [6.07, 6.45) is -0.102. The van der Waals surface area contributed by atoms with Gasteiger partial charge < -0.3 is 9.84 Å². The van der Waals surface area contributed by atoms with Gasteiger partial charge in [-0.3, -0.25) is 14.4 Å². The quantitative estimate of drug-likeness (QED) is 0.573. The minimum absolute atomic E-state index is 0.0452. The molecule has 2 aliphatic heterocycles. The minimum atomic E-state index is -0.988. The number of carbonyl (C=O) groups is 2. The lowest BCUT2D eigenvalue weighted by Gasteiger charge is -2.29. The number of ether oxygens (including phenoxy) is 1. The van der Waals surface area contributed by atoms with Gasteiger partial charge in [0, 0.05) is 5.56 Å². The third kappa shape index (κ3) is 3.60. The maximum absolute atomic E-state index is 13.6. The van der Waals surface area contributed by atoms with Gasteiger partial charge in [-0.25, -0.2) is 9.96 Å². The molecule has 33 heavy (non-hydrogen) atoms. The van der Waals surface area contributed by atoms with Crippen molar-refractivity contribution in [1.82, 2.24) is 0 Å². The molecule has 2 saturated heterocycles. The topological polar surface area (TPSA) is 79.3 Å². The largest absolute Gasteiger partial charge is 0.508 e. The first-order valence-electron chi connectivity index (χ1n) is 11.0. The van der Waals surface area contributed by atoms with Crippen LogP contribution >= 0.6 is 0 Å². The second kappa shape index (κ2) is 8.60. The Morgan fingerprint density at radius 2 is 1.58 bits per heavy atom. The Kier molecular flexibility index (Phi) is 5.48. The van der Waals surface area contributed by atoms with Crippen molar-refractivity contribution in [1.29, 1.82) is 0 Å². The van der Waals surface area contributed by atoms with Gasteiger partial charge in [0.15, 0.2) is 6.10 Å². The molecule has 0 aliphatic carbocycles. The van der Waals surface area contributed by atoms with Crippen LogP contribution < -0.4 is 14.7 Å². The van der Waals surface area contributed by atoms with E-state index in [0.29, 0.717) is 29.3 Å². The number of hydroxylamine groups is 1. The van der Waals surface area contributed by atoms with Crippen molar-refractivity contribution < 1.29 is 24.3 Å². The first kappa shape index (κ1) is 21.0. The van der Waals surface area contributed by atoms with E-state index in [2.05, 4.69) is 0 Å². The summed E-state index contributed by atoms with van der Waals surface area (Å²) in [6, 6.07) is 22.3. The van der Waals surface area contributed by atoms with Gasteiger partial charge in [-0.2, -0.15) is 0 Å². The Bertz CT molecular complexity index is 1160. The molecule has 3 atom stereocenters. The lowest BCUT2D eigenvalue weighted by atomic mass is 9.90. The van der Waals surface area contributed by atoms with Gasteiger partial charge in [0.05, 0.1) is 24.0 Å². The summed E-state index contributed by atoms with van der Waals surface area (Å²) in [5, 5.41) is 12.2. The average molecular weight is 444 g/mol. The van der Waals surface area contributed by atoms with Crippen molar-refractivity contribution in [2.75, 3.05) is 16.6 Å². The highest BCUT2D eigenvalue weighted by atomic mass is 16.7. The lowest BCUT2D eigenvalue weighted by molar-refractivity contribution is -0.126. The number of aromatic hydroxyl groups is 1. The van der Waals surface area contributed by atoms with Crippen LogP contribution in [0.2, 0.25) is 0 Å². The molecule has 7 nitrogen and oxygen atoms in total. The number of para-hydroxylation sites is 2. The molecule has 0 spiro atoms. The van der Waals surface area contributed by atoms with Crippen LogP contribution in [0.25, 0.3) is 0 Å². The van der Waals surface area contributed by atoms with Crippen LogP contribution in [0.4, 0.5) is 11.4 Å². The number of amides is 2. The van der Waals surface area contributed by atoms with Crippen molar-refractivity contribution in [2.45, 2.75) is 25.5 Å². The number of nitrogens with zero attached hydrogens (tertiary/aromatic N) is 2. The molecule has 168 valence electrons. The Labute approximate surface area is 191 Å². The van der Waals surface area contributed by atoms with Crippen LogP contribution in [-0.2, 0) is 14.4 Å². The van der Waals surface area contributed by atoms with E-state index in [4.69, 9.17) is 9.57 Å². The second-order valence-corrected chi connectivity index (χ2v) is 8.07. The van der Waals surface area contributed by atoms with E-state index in [1.807, 2.05) is 37.3 Å². The van der Waals surface area contributed by atoms with Crippen molar-refractivity contribution in [2.24, 2.45) is 5.92 Å². The number of benzene rings is 3. The third-order valence-electron chi connectivity index (χ3n) is 5.95. The Balaban J connectivity index is 1.51. The molecule has 0 unspecified atom stereocenters. The number of anilines is 2. The van der Waals surface area contributed by atoms with Crippen LogP contribution in [0.1, 0.15) is 24.9 Å². The van der Waals surface area contributed by atoms with Gasteiger partial charge in [0.2, 0.25) is 5.91 Å². The van der Waals surface area contributed by atoms with Crippen molar-refractivity contribution in [3.05, 3.63) is 84.4 Å². The minimum Gasteiger partial charge on any atom is -0.508 e. The number of rotatable bonds is 6. The summed E-state index contributed by atoms with van der Waals surface area (Å²) in [5.74, 6) is -0.866. The van der Waals surface area contributed by atoms with E-state index in [1.165, 1.54) is 4.90 Å². The Morgan fingerprint density at radius 3 is 2.27 bits per heavy atom. The maximum atomic E-state index is 13.6. The number of hydrogen-bond acceptors (Lipinski definition) is 6. The summed E-state index contributed by atoms with van der Waals surface area (Å²) in [7, 11) is 0. The molecule has 0 radical (unpaired) electrons. The van der Waals surface area contributed by atoms with Crippen LogP contribution in [0.5, 0.6) is 11.5 Å². The third-order valence-corrected chi connectivity index (χ3v) is 5.95. The molecule has 0 bridgehead atoms. The van der Waals surface area contributed by atoms with Crippen LogP contribution in [-0.4, -0.2) is 29.6 Å². The number of phenolic OH excluding ortho intramolecular Hbond substituents is 1. The second-order valence-electron chi connectivity index (χ2n) is 8.07. The lowest BCUT2D eigenvalue weighted by Crippen LogP contribution is -2.37. The van der Waals surface area contributed by atoms with Crippen molar-refractivity contribution in [3.63, 3.8) is 0 Å². The number of phenols is 1. The highest BCUT2D eigenvalue weighted by Gasteiger charge is 2.60. The number of carbonyl (C=O) groups excluding carboxylic acids is 2. The Morgan fingerprint density at radius 1 is 0.879 bits per heavy atom. The van der Waals surface area contributed by atoms with E-state index in [9.17, 15) is 14.7 Å². The zero-order valence-corrected chi connectivity index (χ0v) is 18.1. The average Bonchev–Trinajstić information content (AvgIpc) is 3.35. The molecule has 0 saturated carbocycles. The number of hydrogen-bond donors (Lipinski definition) is 1.